The number of rotatable bonds is 3. The van der Waals surface area contributed by atoms with E-state index in [1.54, 1.807) is 0 Å². The van der Waals surface area contributed by atoms with E-state index in [2.05, 4.69) is 79.2 Å². The number of fused-ring (bicyclic) bond motifs is 1. The van der Waals surface area contributed by atoms with Crippen LogP contribution in [0, 0.1) is 0 Å². The Balaban J connectivity index is 1.51. The molecule has 0 radical (unpaired) electrons. The van der Waals surface area contributed by atoms with E-state index in [0.717, 1.165) is 32.5 Å². The van der Waals surface area contributed by atoms with Crippen LogP contribution in [0.1, 0.15) is 49.4 Å². The van der Waals surface area contributed by atoms with Gasteiger partial charge in [-0.1, -0.05) is 57.2 Å². The Kier molecular flexibility index (Phi) is 4.44. The molecule has 2 aromatic carbocycles. The number of anilines is 1. The minimum absolute atomic E-state index is 0.215. The van der Waals surface area contributed by atoms with Crippen LogP contribution >= 0.6 is 0 Å². The summed E-state index contributed by atoms with van der Waals surface area (Å²) in [5.74, 6) is 0. The van der Waals surface area contributed by atoms with Crippen molar-refractivity contribution in [3.05, 3.63) is 70.8 Å². The second-order valence-electron chi connectivity index (χ2n) is 8.45. The average Bonchev–Trinajstić information content (AvgIpc) is 3.04. The van der Waals surface area contributed by atoms with Crippen molar-refractivity contribution in [1.82, 2.24) is 0 Å². The number of allylic oxidation sites excluding steroid dienone is 1. The molecule has 0 saturated heterocycles. The highest BCUT2D eigenvalue weighted by molar-refractivity contribution is 6.10. The van der Waals surface area contributed by atoms with Crippen molar-refractivity contribution in [2.75, 3.05) is 18.0 Å². The monoisotopic (exact) mass is 344 g/mol. The van der Waals surface area contributed by atoms with Gasteiger partial charge in [-0.2, -0.15) is 0 Å². The molecule has 0 atom stereocenters. The van der Waals surface area contributed by atoms with Crippen LogP contribution in [0.3, 0.4) is 0 Å². The molecule has 2 heteroatoms. The molecule has 2 aromatic rings. The molecular formula is C24H28N2. The van der Waals surface area contributed by atoms with Gasteiger partial charge in [0.1, 0.15) is 0 Å². The molecule has 0 saturated carbocycles. The summed E-state index contributed by atoms with van der Waals surface area (Å²) in [5.41, 5.74) is 8.44. The first kappa shape index (κ1) is 17.1. The molecule has 0 amide bonds. The Morgan fingerprint density at radius 3 is 2.54 bits per heavy atom. The number of hydrogen-bond donors (Lipinski definition) is 0. The quantitative estimate of drug-likeness (QED) is 0.727. The standard InChI is InChI=1S/C24H28N2/c1-24(2,3)22-9-6-18(7-10-22)17-26-14-12-20-15-19(8-11-23(20)26)21-5-4-13-25-16-21/h5-11,15-16H,4,12-14,17H2,1-3H3. The van der Waals surface area contributed by atoms with Crippen LogP contribution in [0.15, 0.2) is 53.5 Å². The van der Waals surface area contributed by atoms with E-state index in [1.807, 2.05) is 6.21 Å². The number of nitrogens with zero attached hydrogens (tertiary/aromatic N) is 2. The van der Waals surface area contributed by atoms with Crippen LogP contribution in [-0.2, 0) is 18.4 Å². The molecule has 0 bridgehead atoms. The van der Waals surface area contributed by atoms with Crippen molar-refractivity contribution in [2.24, 2.45) is 4.99 Å². The van der Waals surface area contributed by atoms with E-state index >= 15 is 0 Å². The lowest BCUT2D eigenvalue weighted by Gasteiger charge is -2.22. The minimum Gasteiger partial charge on any atom is -0.367 e. The molecule has 0 fully saturated rings. The average molecular weight is 345 g/mol. The molecule has 134 valence electrons. The SMILES string of the molecule is CC(C)(C)c1ccc(CN2CCc3cc(C4=CCCN=C4)ccc32)cc1. The molecule has 2 heterocycles. The number of benzene rings is 2. The normalized spacial score (nSPS) is 16.6. The molecule has 0 spiro atoms. The van der Waals surface area contributed by atoms with Crippen LogP contribution in [0.2, 0.25) is 0 Å². The van der Waals surface area contributed by atoms with E-state index in [0.29, 0.717) is 0 Å². The molecule has 2 nitrogen and oxygen atoms in total. The van der Waals surface area contributed by atoms with Gasteiger partial charge in [0.15, 0.2) is 0 Å². The second-order valence-corrected chi connectivity index (χ2v) is 8.45. The third kappa shape index (κ3) is 3.46. The fraction of sp³-hybridized carbons (Fsp3) is 0.375. The van der Waals surface area contributed by atoms with Crippen LogP contribution in [0.5, 0.6) is 0 Å². The predicted molar refractivity (Wildman–Crippen MR) is 112 cm³/mol. The number of hydrogen-bond acceptors (Lipinski definition) is 2. The first-order chi connectivity index (χ1) is 12.5. The molecule has 26 heavy (non-hydrogen) atoms. The summed E-state index contributed by atoms with van der Waals surface area (Å²) in [7, 11) is 0. The van der Waals surface area contributed by atoms with Crippen molar-refractivity contribution in [2.45, 2.75) is 45.6 Å². The summed E-state index contributed by atoms with van der Waals surface area (Å²) < 4.78 is 0. The van der Waals surface area contributed by atoms with Gasteiger partial charge in [0.2, 0.25) is 0 Å². The highest BCUT2D eigenvalue weighted by Gasteiger charge is 2.20. The second kappa shape index (κ2) is 6.75. The topological polar surface area (TPSA) is 15.6 Å². The van der Waals surface area contributed by atoms with Crippen LogP contribution in [0.4, 0.5) is 5.69 Å². The molecule has 0 aromatic heterocycles. The molecular weight excluding hydrogens is 316 g/mol. The minimum atomic E-state index is 0.215. The Morgan fingerprint density at radius 2 is 1.85 bits per heavy atom. The van der Waals surface area contributed by atoms with Gasteiger partial charge in [-0.05, 0) is 58.2 Å². The summed E-state index contributed by atoms with van der Waals surface area (Å²) in [6, 6.07) is 16.1. The van der Waals surface area contributed by atoms with Gasteiger partial charge < -0.3 is 4.90 Å². The van der Waals surface area contributed by atoms with E-state index in [4.69, 9.17) is 0 Å². The maximum atomic E-state index is 4.42. The number of dihydropyridines is 1. The molecule has 0 aliphatic carbocycles. The van der Waals surface area contributed by atoms with Crippen LogP contribution in [0.25, 0.3) is 5.57 Å². The lowest BCUT2D eigenvalue weighted by molar-refractivity contribution is 0.590. The van der Waals surface area contributed by atoms with Crippen molar-refractivity contribution in [1.29, 1.82) is 0 Å². The summed E-state index contributed by atoms with van der Waals surface area (Å²) in [4.78, 5) is 6.93. The summed E-state index contributed by atoms with van der Waals surface area (Å²) >= 11 is 0. The smallest absolute Gasteiger partial charge is 0.0429 e. The predicted octanol–water partition coefficient (Wildman–Crippen LogP) is 5.40. The van der Waals surface area contributed by atoms with E-state index in [1.165, 1.54) is 33.5 Å². The molecule has 0 unspecified atom stereocenters. The van der Waals surface area contributed by atoms with Gasteiger partial charge in [0.25, 0.3) is 0 Å². The summed E-state index contributed by atoms with van der Waals surface area (Å²) in [6.45, 7) is 9.82. The molecule has 2 aliphatic rings. The van der Waals surface area contributed by atoms with Gasteiger partial charge >= 0.3 is 0 Å². The summed E-state index contributed by atoms with van der Waals surface area (Å²) in [6.07, 6.45) is 6.51. The highest BCUT2D eigenvalue weighted by Crippen LogP contribution is 2.32. The number of aliphatic imine (C=N–C) groups is 1. The van der Waals surface area contributed by atoms with Crippen molar-refractivity contribution >= 4 is 17.5 Å². The zero-order valence-corrected chi connectivity index (χ0v) is 16.1. The zero-order valence-electron chi connectivity index (χ0n) is 16.1. The first-order valence-electron chi connectivity index (χ1n) is 9.68. The Bertz CT molecular complexity index is 851. The molecule has 4 rings (SSSR count). The lowest BCUT2D eigenvalue weighted by atomic mass is 9.87. The highest BCUT2D eigenvalue weighted by atomic mass is 15.1. The Morgan fingerprint density at radius 1 is 1.04 bits per heavy atom. The largest absolute Gasteiger partial charge is 0.367 e. The van der Waals surface area contributed by atoms with Crippen molar-refractivity contribution in [3.63, 3.8) is 0 Å². The third-order valence-corrected chi connectivity index (χ3v) is 5.45. The third-order valence-electron chi connectivity index (χ3n) is 5.45. The van der Waals surface area contributed by atoms with Gasteiger partial charge in [-0.25, -0.2) is 0 Å². The maximum absolute atomic E-state index is 4.42. The van der Waals surface area contributed by atoms with E-state index in [9.17, 15) is 0 Å². The molecule has 2 aliphatic heterocycles. The van der Waals surface area contributed by atoms with Crippen LogP contribution < -0.4 is 4.90 Å². The first-order valence-corrected chi connectivity index (χ1v) is 9.68. The van der Waals surface area contributed by atoms with Gasteiger partial charge in [0.05, 0.1) is 0 Å². The van der Waals surface area contributed by atoms with Crippen molar-refractivity contribution in [3.8, 4) is 0 Å². The maximum Gasteiger partial charge on any atom is 0.0429 e. The fourth-order valence-electron chi connectivity index (χ4n) is 3.85. The van der Waals surface area contributed by atoms with Gasteiger partial charge in [-0.15, -0.1) is 0 Å². The fourth-order valence-corrected chi connectivity index (χ4v) is 3.85. The Labute approximate surface area is 157 Å². The van der Waals surface area contributed by atoms with Crippen molar-refractivity contribution < 1.29 is 0 Å². The summed E-state index contributed by atoms with van der Waals surface area (Å²) in [5, 5.41) is 0. The van der Waals surface area contributed by atoms with E-state index in [-0.39, 0.29) is 5.41 Å². The zero-order chi connectivity index (χ0) is 18.1. The van der Waals surface area contributed by atoms with Gasteiger partial charge in [-0.3, -0.25) is 4.99 Å². The lowest BCUT2D eigenvalue weighted by Crippen LogP contribution is -2.19. The molecule has 0 N–H and O–H groups in total. The van der Waals surface area contributed by atoms with Gasteiger partial charge in [0, 0.05) is 31.5 Å². The van der Waals surface area contributed by atoms with Crippen LogP contribution in [-0.4, -0.2) is 19.3 Å². The van der Waals surface area contributed by atoms with E-state index < -0.39 is 0 Å². The Hall–Kier alpha value is -2.35.